The fraction of sp³-hybridized carbons (Fsp3) is 0. The molecule has 0 spiro atoms. The van der Waals surface area contributed by atoms with Crippen LogP contribution < -0.4 is 30.6 Å². The smallest absolute Gasteiger partial charge is 0.545 e. The number of hydrogen-bond acceptors (Lipinski definition) is 12. The van der Waals surface area contributed by atoms with Crippen molar-refractivity contribution in [1.82, 2.24) is 0 Å². The van der Waals surface area contributed by atoms with E-state index in [4.69, 9.17) is 0 Å². The van der Waals surface area contributed by atoms with Crippen molar-refractivity contribution >= 4 is 70.5 Å². The van der Waals surface area contributed by atoms with E-state index in [0.29, 0.717) is 36.5 Å². The van der Waals surface area contributed by atoms with Gasteiger partial charge in [-0.25, -0.2) is 0 Å². The van der Waals surface area contributed by atoms with E-state index in [0.717, 1.165) is 36.5 Å². The molecule has 0 N–H and O–H groups in total. The van der Waals surface area contributed by atoms with Crippen LogP contribution in [-0.2, 0) is 28.8 Å². The van der Waals surface area contributed by atoms with Gasteiger partial charge in [0.25, 0.3) is 0 Å². The second-order valence-electron chi connectivity index (χ2n) is 4.07. The summed E-state index contributed by atoms with van der Waals surface area (Å²) in [6.07, 6.45) is 10.4. The Hall–Kier alpha value is -3.68. The van der Waals surface area contributed by atoms with Crippen molar-refractivity contribution in [2.24, 2.45) is 0 Å². The number of hydrogen-bond donors (Lipinski definition) is 0. The molecule has 0 amide bonds. The van der Waals surface area contributed by atoms with Crippen LogP contribution in [0.3, 0.4) is 0 Å². The summed E-state index contributed by atoms with van der Waals surface area (Å²) in [6, 6.07) is 0. The average Bonchev–Trinajstić information content (AvgIpc) is 2.60. The van der Waals surface area contributed by atoms with Crippen LogP contribution >= 0.6 is 0 Å². The monoisotopic (exact) mass is 474 g/mol. The maximum atomic E-state index is 9.65. The van der Waals surface area contributed by atoms with Gasteiger partial charge in [0.1, 0.15) is 0 Å². The van der Waals surface area contributed by atoms with Gasteiger partial charge in [-0.2, -0.15) is 0 Å². The van der Waals surface area contributed by atoms with Gasteiger partial charge in [-0.15, -0.1) is 0 Å². The molecule has 0 aromatic heterocycles. The molecule has 0 saturated heterocycles. The molecular weight excluding hydrogens is 462 g/mol. The summed E-state index contributed by atoms with van der Waals surface area (Å²) >= 11 is 0. The molecule has 0 aromatic carbocycles. The predicted molar refractivity (Wildman–Crippen MR) is 96.4 cm³/mol. The van der Waals surface area contributed by atoms with Gasteiger partial charge < -0.3 is 59.4 Å². The largest absolute Gasteiger partial charge is 3.00 e. The molecule has 0 atom stereocenters. The third-order valence-corrected chi connectivity index (χ3v) is 1.73. The summed E-state index contributed by atoms with van der Waals surface area (Å²) in [5, 5.41) is 57.9. The molecule has 0 unspecified atom stereocenters. The SMILES string of the molecule is O=C([O-])/C=C/C=C/C(=O)[O-].O=C([O-])/C=C/C=C/C(=O)[O-].O=C([O-])/C=C/C=C/C(=O)[O-].[Al+3].[Al+3]. The molecule has 0 heterocycles. The minimum absolute atomic E-state index is 0. The molecule has 0 bridgehead atoms. The Morgan fingerprint density at radius 2 is 0.406 bits per heavy atom. The molecular formula is C18H12Al2O12. The molecule has 0 rings (SSSR count). The van der Waals surface area contributed by atoms with Gasteiger partial charge in [0, 0.05) is 0 Å². The van der Waals surface area contributed by atoms with Crippen molar-refractivity contribution < 1.29 is 59.4 Å². The van der Waals surface area contributed by atoms with Crippen molar-refractivity contribution in [3.05, 3.63) is 72.9 Å². The molecule has 0 aliphatic rings. The number of rotatable bonds is 9. The van der Waals surface area contributed by atoms with Crippen LogP contribution in [0.2, 0.25) is 0 Å². The van der Waals surface area contributed by atoms with Crippen LogP contribution in [0.1, 0.15) is 0 Å². The van der Waals surface area contributed by atoms with Crippen molar-refractivity contribution in [3.8, 4) is 0 Å². The Kier molecular flexibility index (Phi) is 33.2. The van der Waals surface area contributed by atoms with Gasteiger partial charge in [0.15, 0.2) is 0 Å². The Labute approximate surface area is 202 Å². The van der Waals surface area contributed by atoms with E-state index in [1.54, 1.807) is 0 Å². The van der Waals surface area contributed by atoms with Crippen molar-refractivity contribution in [2.45, 2.75) is 0 Å². The predicted octanol–water partition coefficient (Wildman–Crippen LogP) is -7.97. The third-order valence-electron chi connectivity index (χ3n) is 1.73. The molecule has 32 heavy (non-hydrogen) atoms. The van der Waals surface area contributed by atoms with Crippen LogP contribution in [0, 0.1) is 0 Å². The normalized spacial score (nSPS) is 10.1. The summed E-state index contributed by atoms with van der Waals surface area (Å²) < 4.78 is 0. The first-order valence-corrected chi connectivity index (χ1v) is 7.18. The number of carbonyl (C=O) groups excluding carboxylic acids is 6. The Bertz CT molecular complexity index is 619. The van der Waals surface area contributed by atoms with Crippen molar-refractivity contribution in [1.29, 1.82) is 0 Å². The quantitative estimate of drug-likeness (QED) is 0.172. The molecule has 0 fully saturated rings. The molecule has 0 aromatic rings. The fourth-order valence-corrected chi connectivity index (χ4v) is 0.805. The number of allylic oxidation sites excluding steroid dienone is 6. The van der Waals surface area contributed by atoms with E-state index in [-0.39, 0.29) is 34.7 Å². The topological polar surface area (TPSA) is 241 Å². The first-order chi connectivity index (χ1) is 13.9. The molecule has 0 aliphatic heterocycles. The number of carbonyl (C=O) groups is 6. The summed E-state index contributed by atoms with van der Waals surface area (Å²) in [7, 11) is 0. The maximum absolute atomic E-state index is 9.65. The van der Waals surface area contributed by atoms with Gasteiger partial charge in [0.05, 0.1) is 35.8 Å². The zero-order chi connectivity index (χ0) is 23.9. The number of carboxylic acids is 6. The molecule has 12 nitrogen and oxygen atoms in total. The Morgan fingerprint density at radius 3 is 0.469 bits per heavy atom. The standard InChI is InChI=1S/3C6H6O4.2Al/c3*7-5(8)3-1-2-4-6(9)10;;/h3*1-4H,(H,7,8)(H,9,10);;/q;;;2*+3/p-6/b3*3-1+,4-2+;;. The number of carboxylic acid groups (broad SMARTS) is 6. The second-order valence-corrected chi connectivity index (χ2v) is 4.07. The van der Waals surface area contributed by atoms with E-state index in [2.05, 4.69) is 0 Å². The van der Waals surface area contributed by atoms with Gasteiger partial charge in [0.2, 0.25) is 0 Å². The molecule has 0 radical (unpaired) electrons. The fourth-order valence-electron chi connectivity index (χ4n) is 0.805. The summed E-state index contributed by atoms with van der Waals surface area (Å²) in [5.74, 6) is -8.23. The summed E-state index contributed by atoms with van der Waals surface area (Å²) in [4.78, 5) is 57.9. The van der Waals surface area contributed by atoms with E-state index in [9.17, 15) is 59.4 Å². The van der Waals surface area contributed by atoms with E-state index in [1.807, 2.05) is 0 Å². The summed E-state index contributed by atoms with van der Waals surface area (Å²) in [6.45, 7) is 0. The zero-order valence-electron chi connectivity index (χ0n) is 16.0. The van der Waals surface area contributed by atoms with Crippen LogP contribution in [0.25, 0.3) is 0 Å². The third kappa shape index (κ3) is 56.2. The first-order valence-electron chi connectivity index (χ1n) is 7.18. The minimum Gasteiger partial charge on any atom is -0.545 e. The van der Waals surface area contributed by atoms with E-state index in [1.165, 1.54) is 0 Å². The van der Waals surface area contributed by atoms with Crippen LogP contribution in [0.5, 0.6) is 0 Å². The Morgan fingerprint density at radius 1 is 0.312 bits per heavy atom. The van der Waals surface area contributed by atoms with Crippen LogP contribution in [0.15, 0.2) is 72.9 Å². The second kappa shape index (κ2) is 27.3. The van der Waals surface area contributed by atoms with Crippen molar-refractivity contribution in [2.75, 3.05) is 0 Å². The van der Waals surface area contributed by atoms with E-state index >= 15 is 0 Å². The molecule has 162 valence electrons. The van der Waals surface area contributed by atoms with Gasteiger partial charge in [-0.05, 0) is 36.5 Å². The number of aliphatic carboxylic acids is 6. The Balaban J connectivity index is -0.000000110. The van der Waals surface area contributed by atoms with Crippen LogP contribution in [-0.4, -0.2) is 70.5 Å². The molecule has 0 saturated carbocycles. The summed E-state index contributed by atoms with van der Waals surface area (Å²) in [5.41, 5.74) is 0. The molecule has 14 heteroatoms. The molecule has 0 aliphatic carbocycles. The van der Waals surface area contributed by atoms with Gasteiger partial charge in [-0.1, -0.05) is 36.5 Å². The average molecular weight is 474 g/mol. The zero-order valence-corrected chi connectivity index (χ0v) is 18.3. The van der Waals surface area contributed by atoms with Crippen LogP contribution in [0.4, 0.5) is 0 Å². The van der Waals surface area contributed by atoms with Gasteiger partial charge >= 0.3 is 34.7 Å². The maximum Gasteiger partial charge on any atom is 3.00 e. The van der Waals surface area contributed by atoms with E-state index < -0.39 is 35.8 Å². The first kappa shape index (κ1) is 38.9. The van der Waals surface area contributed by atoms with Gasteiger partial charge in [-0.3, -0.25) is 0 Å². The van der Waals surface area contributed by atoms with Crippen molar-refractivity contribution in [3.63, 3.8) is 0 Å². The minimum atomic E-state index is -1.37.